The molecular formula is C26H21FN4O. The van der Waals surface area contributed by atoms with Gasteiger partial charge in [-0.2, -0.15) is 0 Å². The molecule has 0 saturated heterocycles. The standard InChI is InChI=1S/C26H21FN4O/c1-3-18-6-5-9-22(13-18)30-26-23-14-19(10-11-24(23)28-17-29-26)15-25(32)31(2)16-20-7-4-8-21(27)12-20/h1,4-14,17H,15-16H2,2H3,(H,28,29,30). The van der Waals surface area contributed by atoms with Crippen LogP contribution in [0.2, 0.25) is 0 Å². The second-order valence-corrected chi connectivity index (χ2v) is 7.48. The molecular weight excluding hydrogens is 403 g/mol. The fraction of sp³-hybridized carbons (Fsp3) is 0.115. The molecule has 0 atom stereocenters. The Kier molecular flexibility index (Phi) is 6.09. The first-order chi connectivity index (χ1) is 15.5. The van der Waals surface area contributed by atoms with Crippen molar-refractivity contribution in [1.29, 1.82) is 0 Å². The van der Waals surface area contributed by atoms with Crippen LogP contribution >= 0.6 is 0 Å². The number of terminal acetylenes is 1. The van der Waals surface area contributed by atoms with E-state index in [0.29, 0.717) is 12.4 Å². The summed E-state index contributed by atoms with van der Waals surface area (Å²) in [6.45, 7) is 0.339. The minimum atomic E-state index is -0.314. The van der Waals surface area contributed by atoms with Crippen LogP contribution in [0, 0.1) is 18.2 Å². The number of aromatic nitrogens is 2. The molecule has 1 aromatic heterocycles. The summed E-state index contributed by atoms with van der Waals surface area (Å²) in [5, 5.41) is 4.09. The Morgan fingerprint density at radius 2 is 1.91 bits per heavy atom. The smallest absolute Gasteiger partial charge is 0.227 e. The highest BCUT2D eigenvalue weighted by Crippen LogP contribution is 2.25. The molecule has 32 heavy (non-hydrogen) atoms. The van der Waals surface area contributed by atoms with Crippen LogP contribution in [0.5, 0.6) is 0 Å². The van der Waals surface area contributed by atoms with Crippen LogP contribution in [0.1, 0.15) is 16.7 Å². The lowest BCUT2D eigenvalue weighted by atomic mass is 10.1. The van der Waals surface area contributed by atoms with Crippen molar-refractivity contribution in [2.24, 2.45) is 0 Å². The number of halogens is 1. The summed E-state index contributed by atoms with van der Waals surface area (Å²) in [5.41, 5.74) is 3.93. The lowest BCUT2D eigenvalue weighted by molar-refractivity contribution is -0.129. The molecule has 4 aromatic rings. The molecule has 6 heteroatoms. The van der Waals surface area contributed by atoms with Gasteiger partial charge in [0.15, 0.2) is 0 Å². The fourth-order valence-corrected chi connectivity index (χ4v) is 3.44. The predicted octanol–water partition coefficient (Wildman–Crippen LogP) is 4.69. The van der Waals surface area contributed by atoms with Crippen LogP contribution in [0.25, 0.3) is 10.9 Å². The molecule has 0 aliphatic rings. The molecule has 0 aliphatic carbocycles. The molecule has 5 nitrogen and oxygen atoms in total. The molecule has 1 heterocycles. The molecule has 1 amide bonds. The Labute approximate surface area is 185 Å². The Bertz CT molecular complexity index is 1330. The van der Waals surface area contributed by atoms with Crippen LogP contribution < -0.4 is 5.32 Å². The molecule has 0 spiro atoms. The fourth-order valence-electron chi connectivity index (χ4n) is 3.44. The van der Waals surface area contributed by atoms with Gasteiger partial charge >= 0.3 is 0 Å². The summed E-state index contributed by atoms with van der Waals surface area (Å²) < 4.78 is 13.4. The van der Waals surface area contributed by atoms with Crippen LogP contribution in [-0.4, -0.2) is 27.8 Å². The van der Waals surface area contributed by atoms with Gasteiger partial charge in [0.1, 0.15) is 18.0 Å². The average molecular weight is 424 g/mol. The third-order valence-corrected chi connectivity index (χ3v) is 5.08. The van der Waals surface area contributed by atoms with Gasteiger partial charge in [-0.05, 0) is 53.6 Å². The number of hydrogen-bond donors (Lipinski definition) is 1. The normalized spacial score (nSPS) is 10.5. The molecule has 0 unspecified atom stereocenters. The summed E-state index contributed by atoms with van der Waals surface area (Å²) >= 11 is 0. The molecule has 0 radical (unpaired) electrons. The van der Waals surface area contributed by atoms with Crippen molar-refractivity contribution in [3.05, 3.63) is 95.6 Å². The van der Waals surface area contributed by atoms with Gasteiger partial charge in [-0.25, -0.2) is 14.4 Å². The van der Waals surface area contributed by atoms with Crippen LogP contribution in [-0.2, 0) is 17.8 Å². The number of nitrogens with zero attached hydrogens (tertiary/aromatic N) is 3. The van der Waals surface area contributed by atoms with Gasteiger partial charge in [0, 0.05) is 30.2 Å². The highest BCUT2D eigenvalue weighted by molar-refractivity contribution is 5.92. The van der Waals surface area contributed by atoms with E-state index < -0.39 is 0 Å². The topological polar surface area (TPSA) is 58.1 Å². The maximum atomic E-state index is 13.4. The van der Waals surface area contributed by atoms with E-state index >= 15 is 0 Å². The van der Waals surface area contributed by atoms with Crippen LogP contribution in [0.3, 0.4) is 0 Å². The summed E-state index contributed by atoms with van der Waals surface area (Å²) in [6.07, 6.45) is 7.20. The van der Waals surface area contributed by atoms with E-state index in [2.05, 4.69) is 21.2 Å². The van der Waals surface area contributed by atoms with Crippen molar-refractivity contribution in [1.82, 2.24) is 14.9 Å². The number of likely N-dealkylation sites (N-methyl/N-ethyl adjacent to an activating group) is 1. The van der Waals surface area contributed by atoms with Crippen molar-refractivity contribution in [3.8, 4) is 12.3 Å². The second-order valence-electron chi connectivity index (χ2n) is 7.48. The maximum Gasteiger partial charge on any atom is 0.227 e. The Morgan fingerprint density at radius 3 is 2.72 bits per heavy atom. The zero-order valence-electron chi connectivity index (χ0n) is 17.5. The van der Waals surface area contributed by atoms with E-state index in [1.165, 1.54) is 18.5 Å². The lowest BCUT2D eigenvalue weighted by Gasteiger charge is -2.18. The second kappa shape index (κ2) is 9.27. The van der Waals surface area contributed by atoms with E-state index in [0.717, 1.165) is 33.3 Å². The number of anilines is 2. The number of amides is 1. The first kappa shape index (κ1) is 21.0. The average Bonchev–Trinajstić information content (AvgIpc) is 2.79. The summed E-state index contributed by atoms with van der Waals surface area (Å²) in [7, 11) is 1.71. The van der Waals surface area contributed by atoms with Crippen LogP contribution in [0.15, 0.2) is 73.1 Å². The largest absolute Gasteiger partial charge is 0.341 e. The van der Waals surface area contributed by atoms with Crippen molar-refractivity contribution < 1.29 is 9.18 Å². The predicted molar refractivity (Wildman–Crippen MR) is 124 cm³/mol. The Morgan fingerprint density at radius 1 is 1.06 bits per heavy atom. The molecule has 3 aromatic carbocycles. The van der Waals surface area contributed by atoms with E-state index in [1.807, 2.05) is 42.5 Å². The van der Waals surface area contributed by atoms with Gasteiger partial charge in [-0.15, -0.1) is 6.42 Å². The van der Waals surface area contributed by atoms with Crippen LogP contribution in [0.4, 0.5) is 15.9 Å². The van der Waals surface area contributed by atoms with Crippen molar-refractivity contribution in [2.75, 3.05) is 12.4 Å². The first-order valence-electron chi connectivity index (χ1n) is 10.1. The Hall–Kier alpha value is -4.24. The maximum absolute atomic E-state index is 13.4. The molecule has 1 N–H and O–H groups in total. The van der Waals surface area contributed by atoms with E-state index in [1.54, 1.807) is 24.1 Å². The number of hydrogen-bond acceptors (Lipinski definition) is 4. The zero-order chi connectivity index (χ0) is 22.5. The molecule has 0 bridgehead atoms. The van der Waals surface area contributed by atoms with Gasteiger partial charge in [0.2, 0.25) is 5.91 Å². The molecule has 0 saturated carbocycles. The number of fused-ring (bicyclic) bond motifs is 1. The minimum absolute atomic E-state index is 0.0679. The minimum Gasteiger partial charge on any atom is -0.341 e. The number of benzene rings is 3. The summed E-state index contributed by atoms with van der Waals surface area (Å²) in [6, 6.07) is 19.4. The number of rotatable bonds is 6. The third-order valence-electron chi connectivity index (χ3n) is 5.08. The van der Waals surface area contributed by atoms with Gasteiger partial charge in [-0.3, -0.25) is 4.79 Å². The van der Waals surface area contributed by atoms with Gasteiger partial charge in [0.25, 0.3) is 0 Å². The number of carbonyl (C=O) groups excluding carboxylic acids is 1. The highest BCUT2D eigenvalue weighted by Gasteiger charge is 2.13. The van der Waals surface area contributed by atoms with E-state index in [4.69, 9.17) is 6.42 Å². The number of nitrogens with one attached hydrogen (secondary N) is 1. The zero-order valence-corrected chi connectivity index (χ0v) is 17.5. The summed E-state index contributed by atoms with van der Waals surface area (Å²) in [4.78, 5) is 23.0. The molecule has 158 valence electrons. The van der Waals surface area contributed by atoms with Crippen molar-refractivity contribution >= 4 is 28.3 Å². The lowest BCUT2D eigenvalue weighted by Crippen LogP contribution is -2.27. The van der Waals surface area contributed by atoms with Crippen molar-refractivity contribution in [3.63, 3.8) is 0 Å². The first-order valence-corrected chi connectivity index (χ1v) is 10.1. The highest BCUT2D eigenvalue weighted by atomic mass is 19.1. The monoisotopic (exact) mass is 424 g/mol. The van der Waals surface area contributed by atoms with Gasteiger partial charge in [0.05, 0.1) is 11.9 Å². The quantitative estimate of drug-likeness (QED) is 0.456. The molecule has 0 aliphatic heterocycles. The van der Waals surface area contributed by atoms with E-state index in [9.17, 15) is 9.18 Å². The van der Waals surface area contributed by atoms with Gasteiger partial charge < -0.3 is 10.2 Å². The van der Waals surface area contributed by atoms with E-state index in [-0.39, 0.29) is 18.1 Å². The third kappa shape index (κ3) is 4.90. The number of carbonyl (C=O) groups is 1. The van der Waals surface area contributed by atoms with Crippen molar-refractivity contribution in [2.45, 2.75) is 13.0 Å². The van der Waals surface area contributed by atoms with Gasteiger partial charge in [-0.1, -0.05) is 30.2 Å². The molecule has 0 fully saturated rings. The Balaban J connectivity index is 1.54. The molecule has 4 rings (SSSR count). The SMILES string of the molecule is C#Cc1cccc(Nc2ncnc3ccc(CC(=O)N(C)Cc4cccc(F)c4)cc23)c1. The summed E-state index contributed by atoms with van der Waals surface area (Å²) in [5.74, 6) is 2.87.